The van der Waals surface area contributed by atoms with Gasteiger partial charge in [-0.2, -0.15) is 13.2 Å². The summed E-state index contributed by atoms with van der Waals surface area (Å²) in [5.74, 6) is 0.719. The number of halogens is 4. The first kappa shape index (κ1) is 23.4. The fourth-order valence-electron chi connectivity index (χ4n) is 4.55. The van der Waals surface area contributed by atoms with Crippen LogP contribution in [0, 0.1) is 0 Å². The Labute approximate surface area is 204 Å². The number of urea groups is 1. The number of tetrazole rings is 1. The van der Waals surface area contributed by atoms with Gasteiger partial charge in [-0.15, -0.1) is 5.10 Å². The van der Waals surface area contributed by atoms with E-state index in [1.165, 1.54) is 6.07 Å². The molecule has 2 amide bonds. The average molecular weight is 507 g/mol. The van der Waals surface area contributed by atoms with Crippen molar-refractivity contribution < 1.29 is 22.7 Å². The fraction of sp³-hybridized carbons (Fsp3) is 0.391. The number of likely N-dealkylation sites (tertiary alicyclic amines) is 1. The third kappa shape index (κ3) is 4.90. The van der Waals surface area contributed by atoms with E-state index >= 15 is 0 Å². The minimum atomic E-state index is -4.46. The largest absolute Gasteiger partial charge is 0.493 e. The number of nitrogens with one attached hydrogen (secondary N) is 1. The zero-order valence-electron chi connectivity index (χ0n) is 18.5. The molecule has 2 aliphatic heterocycles. The molecule has 0 aliphatic carbocycles. The van der Waals surface area contributed by atoms with Gasteiger partial charge in [-0.3, -0.25) is 0 Å². The Morgan fingerprint density at radius 3 is 2.74 bits per heavy atom. The Balaban J connectivity index is 1.32. The van der Waals surface area contributed by atoms with Crippen molar-refractivity contribution in [3.05, 3.63) is 70.0 Å². The van der Waals surface area contributed by atoms with Gasteiger partial charge in [0.15, 0.2) is 5.82 Å². The van der Waals surface area contributed by atoms with E-state index < -0.39 is 17.8 Å². The summed E-state index contributed by atoms with van der Waals surface area (Å²) in [5.41, 5.74) is 0.713. The fourth-order valence-corrected chi connectivity index (χ4v) is 4.68. The lowest BCUT2D eigenvalue weighted by atomic mass is 9.98. The van der Waals surface area contributed by atoms with Crippen LogP contribution in [-0.2, 0) is 12.7 Å². The topological polar surface area (TPSA) is 85.2 Å². The van der Waals surface area contributed by atoms with E-state index in [2.05, 4.69) is 20.8 Å². The molecule has 3 heterocycles. The lowest BCUT2D eigenvalue weighted by Crippen LogP contribution is -2.43. The van der Waals surface area contributed by atoms with Gasteiger partial charge in [0.1, 0.15) is 5.75 Å². The van der Waals surface area contributed by atoms with E-state index in [1.54, 1.807) is 21.7 Å². The van der Waals surface area contributed by atoms with Crippen LogP contribution >= 0.6 is 11.6 Å². The molecule has 184 valence electrons. The SMILES string of the molecule is O=C(NC1CCOc2cc(C(F)(F)F)ccc21)N1CCC[C@@H]1c1nnnn1Cc1ccc(Cl)cc1. The molecule has 35 heavy (non-hydrogen) atoms. The predicted molar refractivity (Wildman–Crippen MR) is 120 cm³/mol. The van der Waals surface area contributed by atoms with Crippen molar-refractivity contribution >= 4 is 17.6 Å². The molecule has 0 spiro atoms. The summed E-state index contributed by atoms with van der Waals surface area (Å²) in [4.78, 5) is 14.9. The van der Waals surface area contributed by atoms with Crippen LogP contribution in [0.3, 0.4) is 0 Å². The quantitative estimate of drug-likeness (QED) is 0.551. The van der Waals surface area contributed by atoms with Crippen LogP contribution in [0.1, 0.15) is 53.9 Å². The second-order valence-electron chi connectivity index (χ2n) is 8.56. The van der Waals surface area contributed by atoms with Crippen molar-refractivity contribution in [3.8, 4) is 5.75 Å². The lowest BCUT2D eigenvalue weighted by molar-refractivity contribution is -0.137. The monoisotopic (exact) mass is 506 g/mol. The number of rotatable bonds is 4. The third-order valence-electron chi connectivity index (χ3n) is 6.30. The number of carbonyl (C=O) groups excluding carboxylic acids is 1. The van der Waals surface area contributed by atoms with Crippen molar-refractivity contribution in [1.82, 2.24) is 30.4 Å². The van der Waals surface area contributed by atoms with Gasteiger partial charge in [0, 0.05) is 23.6 Å². The number of ether oxygens (including phenoxy) is 1. The minimum absolute atomic E-state index is 0.140. The summed E-state index contributed by atoms with van der Waals surface area (Å²) in [6.07, 6.45) is -2.52. The molecule has 0 radical (unpaired) electrons. The first-order chi connectivity index (χ1) is 16.8. The van der Waals surface area contributed by atoms with Crippen LogP contribution in [0.2, 0.25) is 5.02 Å². The van der Waals surface area contributed by atoms with Gasteiger partial charge in [-0.05, 0) is 53.1 Å². The third-order valence-corrected chi connectivity index (χ3v) is 6.55. The van der Waals surface area contributed by atoms with Crippen LogP contribution in [0.15, 0.2) is 42.5 Å². The Bertz CT molecular complexity index is 1220. The Kier molecular flexibility index (Phi) is 6.26. The van der Waals surface area contributed by atoms with Gasteiger partial charge in [0.05, 0.1) is 30.8 Å². The number of amides is 2. The summed E-state index contributed by atoms with van der Waals surface area (Å²) >= 11 is 5.97. The number of hydrogen-bond donors (Lipinski definition) is 1. The molecule has 1 unspecified atom stereocenters. The molecule has 1 aromatic heterocycles. The number of alkyl halides is 3. The van der Waals surface area contributed by atoms with Crippen LogP contribution < -0.4 is 10.1 Å². The molecule has 2 aliphatic rings. The maximum Gasteiger partial charge on any atom is 0.416 e. The normalized spacial score (nSPS) is 19.8. The van der Waals surface area contributed by atoms with Gasteiger partial charge in [0.2, 0.25) is 0 Å². The van der Waals surface area contributed by atoms with Crippen molar-refractivity contribution in [2.75, 3.05) is 13.2 Å². The van der Waals surface area contributed by atoms with Gasteiger partial charge in [-0.1, -0.05) is 29.8 Å². The maximum atomic E-state index is 13.3. The van der Waals surface area contributed by atoms with E-state index in [1.807, 2.05) is 12.1 Å². The molecule has 0 saturated carbocycles. The first-order valence-corrected chi connectivity index (χ1v) is 11.6. The van der Waals surface area contributed by atoms with Gasteiger partial charge in [0.25, 0.3) is 0 Å². The maximum absolute atomic E-state index is 13.3. The highest BCUT2D eigenvalue weighted by Gasteiger charge is 2.37. The molecule has 2 aromatic carbocycles. The van der Waals surface area contributed by atoms with Crippen molar-refractivity contribution in [2.24, 2.45) is 0 Å². The molecular formula is C23H22ClF3N6O2. The molecule has 1 fully saturated rings. The summed E-state index contributed by atoms with van der Waals surface area (Å²) in [7, 11) is 0. The predicted octanol–water partition coefficient (Wildman–Crippen LogP) is 4.76. The van der Waals surface area contributed by atoms with Crippen LogP contribution in [0.25, 0.3) is 0 Å². The number of aromatic nitrogens is 4. The van der Waals surface area contributed by atoms with Crippen molar-refractivity contribution in [3.63, 3.8) is 0 Å². The number of fused-ring (bicyclic) bond motifs is 1. The Morgan fingerprint density at radius 1 is 1.17 bits per heavy atom. The summed E-state index contributed by atoms with van der Waals surface area (Å²) in [6.45, 7) is 1.16. The van der Waals surface area contributed by atoms with Gasteiger partial charge < -0.3 is 15.0 Å². The molecule has 3 aromatic rings. The first-order valence-electron chi connectivity index (χ1n) is 11.2. The second-order valence-corrected chi connectivity index (χ2v) is 9.00. The van der Waals surface area contributed by atoms with Gasteiger partial charge >= 0.3 is 12.2 Å². The van der Waals surface area contributed by atoms with E-state index in [-0.39, 0.29) is 24.4 Å². The Morgan fingerprint density at radius 2 is 1.97 bits per heavy atom. The van der Waals surface area contributed by atoms with E-state index in [0.29, 0.717) is 42.3 Å². The molecule has 2 atom stereocenters. The van der Waals surface area contributed by atoms with Crippen LogP contribution in [0.4, 0.5) is 18.0 Å². The molecule has 12 heteroatoms. The average Bonchev–Trinajstić information content (AvgIpc) is 3.49. The number of hydrogen-bond acceptors (Lipinski definition) is 5. The molecule has 5 rings (SSSR count). The number of nitrogens with zero attached hydrogens (tertiary/aromatic N) is 5. The number of carbonyl (C=O) groups is 1. The highest BCUT2D eigenvalue weighted by Crippen LogP contribution is 2.38. The minimum Gasteiger partial charge on any atom is -0.493 e. The summed E-state index contributed by atoms with van der Waals surface area (Å²) in [5, 5.41) is 15.7. The zero-order valence-corrected chi connectivity index (χ0v) is 19.3. The van der Waals surface area contributed by atoms with Crippen LogP contribution in [0.5, 0.6) is 5.75 Å². The smallest absolute Gasteiger partial charge is 0.416 e. The zero-order chi connectivity index (χ0) is 24.6. The second kappa shape index (κ2) is 9.37. The highest BCUT2D eigenvalue weighted by atomic mass is 35.5. The molecule has 0 bridgehead atoms. The molecule has 8 nitrogen and oxygen atoms in total. The van der Waals surface area contributed by atoms with E-state index in [0.717, 1.165) is 24.1 Å². The molecule has 1 N–H and O–H groups in total. The summed E-state index contributed by atoms with van der Waals surface area (Å²) < 4.78 is 46.4. The number of benzene rings is 2. The molecular weight excluding hydrogens is 485 g/mol. The lowest BCUT2D eigenvalue weighted by Gasteiger charge is -2.31. The highest BCUT2D eigenvalue weighted by molar-refractivity contribution is 6.30. The van der Waals surface area contributed by atoms with Crippen LogP contribution in [-0.4, -0.2) is 44.3 Å². The van der Waals surface area contributed by atoms with Crippen molar-refractivity contribution in [1.29, 1.82) is 0 Å². The van der Waals surface area contributed by atoms with Gasteiger partial charge in [-0.25, -0.2) is 9.48 Å². The molecule has 1 saturated heterocycles. The Hall–Kier alpha value is -3.34. The standard InChI is InChI=1S/C23H22ClF3N6O2/c24-16-6-3-14(4-7-16)13-33-21(29-30-31-33)19-2-1-10-32(19)22(34)28-18-9-11-35-20-12-15(23(25,26)27)5-8-17(18)20/h3-8,12,18-19H,1-2,9-11,13H2,(H,28,34)/t18?,19-/m1/s1. The van der Waals surface area contributed by atoms with E-state index in [9.17, 15) is 18.0 Å². The van der Waals surface area contributed by atoms with E-state index in [4.69, 9.17) is 16.3 Å². The van der Waals surface area contributed by atoms with Crippen molar-refractivity contribution in [2.45, 2.75) is 44.1 Å². The summed E-state index contributed by atoms with van der Waals surface area (Å²) in [6, 6.07) is 9.64.